The van der Waals surface area contributed by atoms with Crippen LogP contribution in [0.15, 0.2) is 6.07 Å². The second-order valence-corrected chi connectivity index (χ2v) is 8.64. The van der Waals surface area contributed by atoms with E-state index in [1.165, 1.54) is 16.2 Å². The summed E-state index contributed by atoms with van der Waals surface area (Å²) >= 11 is 1.51. The Kier molecular flexibility index (Phi) is 4.50. The number of hydrogen-bond donors (Lipinski definition) is 1. The Balaban J connectivity index is 1.53. The standard InChI is InChI=1S/C19H24N2O4S/c1-20-17(23)15-9-12-11-21(8-5-14(12)26-15)18(24)13-10-16(22)25-19(13)6-3-2-4-7-19/h9,13H,2-8,10-11H2,1H3,(H,20,23)/t13-/m1/s1. The number of esters is 1. The van der Waals surface area contributed by atoms with Gasteiger partial charge in [0.15, 0.2) is 0 Å². The van der Waals surface area contributed by atoms with Gasteiger partial charge in [0, 0.05) is 25.0 Å². The predicted molar refractivity (Wildman–Crippen MR) is 96.8 cm³/mol. The number of fused-ring (bicyclic) bond motifs is 1. The number of amides is 2. The van der Waals surface area contributed by atoms with Crippen LogP contribution < -0.4 is 5.32 Å². The van der Waals surface area contributed by atoms with Gasteiger partial charge in [-0.2, -0.15) is 0 Å². The van der Waals surface area contributed by atoms with Crippen molar-refractivity contribution in [1.82, 2.24) is 10.2 Å². The lowest BCUT2D eigenvalue weighted by Crippen LogP contribution is -2.48. The number of nitrogens with one attached hydrogen (secondary N) is 1. The zero-order valence-corrected chi connectivity index (χ0v) is 15.8. The van der Waals surface area contributed by atoms with Crippen molar-refractivity contribution in [3.63, 3.8) is 0 Å². The van der Waals surface area contributed by atoms with Crippen molar-refractivity contribution in [3.8, 4) is 0 Å². The van der Waals surface area contributed by atoms with Crippen molar-refractivity contribution in [3.05, 3.63) is 21.4 Å². The molecular formula is C19H24N2O4S. The summed E-state index contributed by atoms with van der Waals surface area (Å²) in [5, 5.41) is 2.65. The molecule has 2 fully saturated rings. The van der Waals surface area contributed by atoms with Gasteiger partial charge in [-0.3, -0.25) is 14.4 Å². The SMILES string of the molecule is CNC(=O)c1cc2c(s1)CCN(C(=O)[C@H]1CC(=O)OC13CCCCC3)C2. The lowest BCUT2D eigenvalue weighted by Gasteiger charge is -2.38. The Morgan fingerprint density at radius 2 is 2.08 bits per heavy atom. The van der Waals surface area contributed by atoms with Gasteiger partial charge >= 0.3 is 5.97 Å². The van der Waals surface area contributed by atoms with Crippen LogP contribution in [-0.4, -0.2) is 41.9 Å². The molecule has 0 aromatic carbocycles. The molecule has 6 nitrogen and oxygen atoms in total. The molecule has 3 aliphatic rings. The Hall–Kier alpha value is -1.89. The summed E-state index contributed by atoms with van der Waals surface area (Å²) in [6, 6.07) is 1.89. The summed E-state index contributed by atoms with van der Waals surface area (Å²) in [4.78, 5) is 40.8. The highest BCUT2D eigenvalue weighted by molar-refractivity contribution is 7.14. The van der Waals surface area contributed by atoms with Gasteiger partial charge in [-0.25, -0.2) is 0 Å². The quantitative estimate of drug-likeness (QED) is 0.804. The van der Waals surface area contributed by atoms with Gasteiger partial charge in [0.25, 0.3) is 5.91 Å². The third kappa shape index (κ3) is 2.92. The molecule has 1 spiro atoms. The molecule has 1 saturated carbocycles. The number of rotatable bonds is 2. The van der Waals surface area contributed by atoms with Crippen LogP contribution in [0.5, 0.6) is 0 Å². The van der Waals surface area contributed by atoms with Gasteiger partial charge < -0.3 is 15.0 Å². The average molecular weight is 376 g/mol. The van der Waals surface area contributed by atoms with E-state index in [0.29, 0.717) is 18.0 Å². The van der Waals surface area contributed by atoms with Crippen molar-refractivity contribution < 1.29 is 19.1 Å². The van der Waals surface area contributed by atoms with Gasteiger partial charge in [0.1, 0.15) is 5.60 Å². The van der Waals surface area contributed by atoms with Gasteiger partial charge in [-0.1, -0.05) is 6.42 Å². The van der Waals surface area contributed by atoms with Crippen LogP contribution in [0.3, 0.4) is 0 Å². The smallest absolute Gasteiger partial charge is 0.307 e. The highest BCUT2D eigenvalue weighted by atomic mass is 32.1. The minimum absolute atomic E-state index is 0.0380. The molecule has 1 saturated heterocycles. The first kappa shape index (κ1) is 17.5. The van der Waals surface area contributed by atoms with Crippen LogP contribution in [0.4, 0.5) is 0 Å². The number of carbonyl (C=O) groups excluding carboxylic acids is 3. The first-order chi connectivity index (χ1) is 12.5. The molecule has 140 valence electrons. The molecule has 1 aliphatic carbocycles. The van der Waals surface area contributed by atoms with E-state index >= 15 is 0 Å². The lowest BCUT2D eigenvalue weighted by molar-refractivity contribution is -0.156. The molecule has 0 unspecified atom stereocenters. The molecule has 2 amide bonds. The van der Waals surface area contributed by atoms with Crippen molar-refractivity contribution in [2.45, 2.75) is 57.1 Å². The summed E-state index contributed by atoms with van der Waals surface area (Å²) < 4.78 is 5.70. The summed E-state index contributed by atoms with van der Waals surface area (Å²) in [5.74, 6) is -0.636. The number of nitrogens with zero attached hydrogens (tertiary/aromatic N) is 1. The molecule has 1 N–H and O–H groups in total. The van der Waals surface area contributed by atoms with Gasteiger partial charge in [0.05, 0.1) is 17.2 Å². The number of ether oxygens (including phenoxy) is 1. The normalized spacial score (nSPS) is 24.3. The predicted octanol–water partition coefficient (Wildman–Crippen LogP) is 2.26. The lowest BCUT2D eigenvalue weighted by atomic mass is 9.75. The van der Waals surface area contributed by atoms with E-state index in [9.17, 15) is 14.4 Å². The molecular weight excluding hydrogens is 352 g/mol. The average Bonchev–Trinajstić information content (AvgIpc) is 3.21. The molecule has 2 aliphatic heterocycles. The monoisotopic (exact) mass is 376 g/mol. The number of carbonyl (C=O) groups is 3. The molecule has 7 heteroatoms. The van der Waals surface area contributed by atoms with Crippen molar-refractivity contribution in [2.24, 2.45) is 5.92 Å². The minimum atomic E-state index is -0.575. The van der Waals surface area contributed by atoms with E-state index in [4.69, 9.17) is 4.74 Å². The van der Waals surface area contributed by atoms with Gasteiger partial charge in [-0.05, 0) is 43.7 Å². The molecule has 3 heterocycles. The Labute approximate surface area is 156 Å². The summed E-state index contributed by atoms with van der Waals surface area (Å²) in [5.41, 5.74) is 0.477. The summed E-state index contributed by atoms with van der Waals surface area (Å²) in [7, 11) is 1.62. The van der Waals surface area contributed by atoms with Crippen molar-refractivity contribution in [2.75, 3.05) is 13.6 Å². The van der Waals surface area contributed by atoms with Crippen LogP contribution in [-0.2, 0) is 27.3 Å². The number of hydrogen-bond acceptors (Lipinski definition) is 5. The highest BCUT2D eigenvalue weighted by Gasteiger charge is 2.53. The largest absolute Gasteiger partial charge is 0.458 e. The Morgan fingerprint density at radius 1 is 1.31 bits per heavy atom. The van der Waals surface area contributed by atoms with E-state index in [2.05, 4.69) is 5.32 Å². The fourth-order valence-corrected chi connectivity index (χ4v) is 5.69. The van der Waals surface area contributed by atoms with E-state index in [-0.39, 0.29) is 30.1 Å². The zero-order chi connectivity index (χ0) is 18.3. The molecule has 4 rings (SSSR count). The molecule has 26 heavy (non-hydrogen) atoms. The third-order valence-electron chi connectivity index (χ3n) is 5.95. The van der Waals surface area contributed by atoms with Crippen LogP contribution in [0, 0.1) is 5.92 Å². The second kappa shape index (κ2) is 6.68. The van der Waals surface area contributed by atoms with E-state index in [0.717, 1.165) is 44.1 Å². The maximum Gasteiger partial charge on any atom is 0.307 e. The number of thiophene rings is 1. The fraction of sp³-hybridized carbons (Fsp3) is 0.632. The molecule has 1 aromatic rings. The maximum absolute atomic E-state index is 13.2. The van der Waals surface area contributed by atoms with Crippen LogP contribution >= 0.6 is 11.3 Å². The van der Waals surface area contributed by atoms with Crippen molar-refractivity contribution in [1.29, 1.82) is 0 Å². The topological polar surface area (TPSA) is 75.7 Å². The first-order valence-electron chi connectivity index (χ1n) is 9.37. The van der Waals surface area contributed by atoms with Crippen LogP contribution in [0.1, 0.15) is 58.6 Å². The molecule has 0 radical (unpaired) electrons. The maximum atomic E-state index is 13.2. The van der Waals surface area contributed by atoms with Crippen LogP contribution in [0.2, 0.25) is 0 Å². The zero-order valence-electron chi connectivity index (χ0n) is 15.0. The van der Waals surface area contributed by atoms with Gasteiger partial charge in [0.2, 0.25) is 5.91 Å². The Morgan fingerprint density at radius 3 is 2.81 bits per heavy atom. The molecule has 0 bridgehead atoms. The van der Waals surface area contributed by atoms with Gasteiger partial charge in [-0.15, -0.1) is 11.3 Å². The van der Waals surface area contributed by atoms with E-state index in [1.54, 1.807) is 7.05 Å². The highest BCUT2D eigenvalue weighted by Crippen LogP contribution is 2.45. The Bertz CT molecular complexity index is 751. The van der Waals surface area contributed by atoms with Crippen molar-refractivity contribution >= 4 is 29.1 Å². The second-order valence-electron chi connectivity index (χ2n) is 7.50. The summed E-state index contributed by atoms with van der Waals surface area (Å²) in [6.45, 7) is 1.16. The van der Waals surface area contributed by atoms with E-state index < -0.39 is 5.60 Å². The molecule has 1 aromatic heterocycles. The summed E-state index contributed by atoms with van der Waals surface area (Å²) in [6.07, 6.45) is 5.74. The third-order valence-corrected chi connectivity index (χ3v) is 7.19. The van der Waals surface area contributed by atoms with E-state index in [1.807, 2.05) is 11.0 Å². The minimum Gasteiger partial charge on any atom is -0.458 e. The first-order valence-corrected chi connectivity index (χ1v) is 10.2. The van der Waals surface area contributed by atoms with Crippen LogP contribution in [0.25, 0.3) is 0 Å². The fourth-order valence-electron chi connectivity index (χ4n) is 4.58. The molecule has 1 atom stereocenters.